The Hall–Kier alpha value is -1.26. The van der Waals surface area contributed by atoms with E-state index >= 15 is 0 Å². The highest BCUT2D eigenvalue weighted by Crippen LogP contribution is 2.24. The van der Waals surface area contributed by atoms with Gasteiger partial charge in [0.15, 0.2) is 0 Å². The summed E-state index contributed by atoms with van der Waals surface area (Å²) in [5.74, 6) is 0.649. The van der Waals surface area contributed by atoms with Crippen LogP contribution < -0.4 is 10.5 Å². The van der Waals surface area contributed by atoms with Crippen molar-refractivity contribution in [2.75, 3.05) is 25.4 Å². The van der Waals surface area contributed by atoms with E-state index in [1.165, 1.54) is 25.7 Å². The minimum absolute atomic E-state index is 0.289. The number of para-hydroxylation sites is 2. The molecule has 1 atom stereocenters. The van der Waals surface area contributed by atoms with Gasteiger partial charge >= 0.3 is 0 Å². The lowest BCUT2D eigenvalue weighted by Crippen LogP contribution is -2.41. The van der Waals surface area contributed by atoms with Crippen molar-refractivity contribution in [1.82, 2.24) is 4.90 Å². The van der Waals surface area contributed by atoms with E-state index in [1.54, 1.807) is 6.07 Å². The van der Waals surface area contributed by atoms with Crippen LogP contribution in [0.25, 0.3) is 0 Å². The highest BCUT2D eigenvalue weighted by atomic mass is 16.5. The maximum absolute atomic E-state index is 10.2. The zero-order valence-corrected chi connectivity index (χ0v) is 12.3. The number of hydrogen-bond acceptors (Lipinski definition) is 4. The Morgan fingerprint density at radius 2 is 2.05 bits per heavy atom. The average Bonchev–Trinajstić information content (AvgIpc) is 2.98. The third-order valence-electron chi connectivity index (χ3n) is 4.04. The van der Waals surface area contributed by atoms with Gasteiger partial charge in [-0.2, -0.15) is 0 Å². The molecule has 0 saturated heterocycles. The first-order chi connectivity index (χ1) is 9.70. The molecule has 0 bridgehead atoms. The van der Waals surface area contributed by atoms with Crippen LogP contribution in [-0.4, -0.2) is 41.8 Å². The van der Waals surface area contributed by atoms with Gasteiger partial charge < -0.3 is 15.6 Å². The predicted octanol–water partition coefficient (Wildman–Crippen LogP) is 2.27. The smallest absolute Gasteiger partial charge is 0.142 e. The summed E-state index contributed by atoms with van der Waals surface area (Å²) in [5.41, 5.74) is 6.43. The second kappa shape index (κ2) is 7.50. The van der Waals surface area contributed by atoms with Gasteiger partial charge in [0.2, 0.25) is 0 Å². The standard InChI is InChI=1S/C16H26N2O2/c1-2-18(13-7-3-4-8-13)11-14(19)12-20-16-10-6-5-9-15(16)17/h5-6,9-10,13-14,19H,2-4,7-8,11-12,17H2,1H3. The quantitative estimate of drug-likeness (QED) is 0.751. The zero-order chi connectivity index (χ0) is 14.4. The summed E-state index contributed by atoms with van der Waals surface area (Å²) in [7, 11) is 0. The van der Waals surface area contributed by atoms with Crippen molar-refractivity contribution >= 4 is 5.69 Å². The SMILES string of the molecule is CCN(CC(O)COc1ccccc1N)C1CCCC1. The molecule has 1 unspecified atom stereocenters. The summed E-state index contributed by atoms with van der Waals surface area (Å²) in [6.45, 7) is 4.10. The van der Waals surface area contributed by atoms with E-state index in [0.717, 1.165) is 6.54 Å². The number of likely N-dealkylation sites (N-methyl/N-ethyl adjacent to an activating group) is 1. The molecule has 0 radical (unpaired) electrons. The molecule has 20 heavy (non-hydrogen) atoms. The number of hydrogen-bond donors (Lipinski definition) is 2. The summed E-state index contributed by atoms with van der Waals surface area (Å²) in [5, 5.41) is 10.2. The highest BCUT2D eigenvalue weighted by Gasteiger charge is 2.23. The van der Waals surface area contributed by atoms with Crippen LogP contribution in [0.4, 0.5) is 5.69 Å². The summed E-state index contributed by atoms with van der Waals surface area (Å²) >= 11 is 0. The molecule has 0 spiro atoms. The Morgan fingerprint density at radius 1 is 1.35 bits per heavy atom. The molecule has 0 heterocycles. The molecule has 112 valence electrons. The molecular weight excluding hydrogens is 252 g/mol. The first-order valence-corrected chi connectivity index (χ1v) is 7.60. The summed E-state index contributed by atoms with van der Waals surface area (Å²) in [6.07, 6.45) is 4.66. The van der Waals surface area contributed by atoms with Crippen LogP contribution in [0.15, 0.2) is 24.3 Å². The van der Waals surface area contributed by atoms with Crippen LogP contribution >= 0.6 is 0 Å². The van der Waals surface area contributed by atoms with E-state index in [9.17, 15) is 5.11 Å². The summed E-state index contributed by atoms with van der Waals surface area (Å²) in [6, 6.07) is 8.03. The lowest BCUT2D eigenvalue weighted by atomic mass is 10.2. The maximum Gasteiger partial charge on any atom is 0.142 e. The molecular formula is C16H26N2O2. The molecule has 1 fully saturated rings. The number of ether oxygens (including phenoxy) is 1. The molecule has 2 rings (SSSR count). The molecule has 0 amide bonds. The lowest BCUT2D eigenvalue weighted by Gasteiger charge is -2.29. The number of anilines is 1. The Kier molecular flexibility index (Phi) is 5.68. The first-order valence-electron chi connectivity index (χ1n) is 7.60. The fraction of sp³-hybridized carbons (Fsp3) is 0.625. The molecule has 1 aromatic carbocycles. The number of nitrogens with two attached hydrogens (primary N) is 1. The van der Waals surface area contributed by atoms with Gasteiger partial charge in [-0.05, 0) is 31.5 Å². The summed E-state index contributed by atoms with van der Waals surface area (Å²) in [4.78, 5) is 2.37. The molecule has 3 N–H and O–H groups in total. The molecule has 0 aromatic heterocycles. The molecule has 1 aromatic rings. The fourth-order valence-corrected chi connectivity index (χ4v) is 2.93. The first kappa shape index (κ1) is 15.1. The van der Waals surface area contributed by atoms with Crippen LogP contribution in [0.2, 0.25) is 0 Å². The highest BCUT2D eigenvalue weighted by molar-refractivity contribution is 5.51. The summed E-state index contributed by atoms with van der Waals surface area (Å²) < 4.78 is 5.60. The number of nitrogen functional groups attached to an aromatic ring is 1. The van der Waals surface area contributed by atoms with E-state index in [-0.39, 0.29) is 6.61 Å². The largest absolute Gasteiger partial charge is 0.489 e. The van der Waals surface area contributed by atoms with E-state index in [0.29, 0.717) is 24.0 Å². The minimum atomic E-state index is -0.477. The van der Waals surface area contributed by atoms with E-state index in [4.69, 9.17) is 10.5 Å². The van der Waals surface area contributed by atoms with Gasteiger partial charge in [-0.25, -0.2) is 0 Å². The van der Waals surface area contributed by atoms with Crippen molar-refractivity contribution < 1.29 is 9.84 Å². The zero-order valence-electron chi connectivity index (χ0n) is 12.3. The van der Waals surface area contributed by atoms with E-state index in [1.807, 2.05) is 18.2 Å². The van der Waals surface area contributed by atoms with Crippen molar-refractivity contribution in [1.29, 1.82) is 0 Å². The number of benzene rings is 1. The molecule has 4 heteroatoms. The predicted molar refractivity (Wildman–Crippen MR) is 81.9 cm³/mol. The van der Waals surface area contributed by atoms with Gasteiger partial charge in [0.25, 0.3) is 0 Å². The minimum Gasteiger partial charge on any atom is -0.489 e. The van der Waals surface area contributed by atoms with Crippen molar-refractivity contribution in [3.8, 4) is 5.75 Å². The van der Waals surface area contributed by atoms with Gasteiger partial charge in [-0.1, -0.05) is 31.9 Å². The van der Waals surface area contributed by atoms with Crippen LogP contribution in [-0.2, 0) is 0 Å². The normalized spacial score (nSPS) is 17.6. The average molecular weight is 278 g/mol. The van der Waals surface area contributed by atoms with Crippen LogP contribution in [0, 0.1) is 0 Å². The van der Waals surface area contributed by atoms with Gasteiger partial charge in [0, 0.05) is 12.6 Å². The van der Waals surface area contributed by atoms with Gasteiger partial charge in [-0.3, -0.25) is 4.90 Å². The molecule has 4 nitrogen and oxygen atoms in total. The van der Waals surface area contributed by atoms with Crippen LogP contribution in [0.5, 0.6) is 5.75 Å². The Balaban J connectivity index is 1.79. The Labute approximate surface area is 121 Å². The second-order valence-corrected chi connectivity index (χ2v) is 5.53. The molecule has 0 aliphatic heterocycles. The van der Waals surface area contributed by atoms with Crippen LogP contribution in [0.1, 0.15) is 32.6 Å². The van der Waals surface area contributed by atoms with Gasteiger partial charge in [0.1, 0.15) is 18.5 Å². The molecule has 1 saturated carbocycles. The third kappa shape index (κ3) is 4.12. The molecule has 1 aliphatic rings. The monoisotopic (exact) mass is 278 g/mol. The van der Waals surface area contributed by atoms with E-state index in [2.05, 4.69) is 11.8 Å². The van der Waals surface area contributed by atoms with Crippen molar-refractivity contribution in [3.05, 3.63) is 24.3 Å². The van der Waals surface area contributed by atoms with Gasteiger partial charge in [-0.15, -0.1) is 0 Å². The maximum atomic E-state index is 10.2. The number of nitrogens with zero attached hydrogens (tertiary/aromatic N) is 1. The van der Waals surface area contributed by atoms with Gasteiger partial charge in [0.05, 0.1) is 5.69 Å². The second-order valence-electron chi connectivity index (χ2n) is 5.53. The fourth-order valence-electron chi connectivity index (χ4n) is 2.93. The number of aliphatic hydroxyl groups is 1. The van der Waals surface area contributed by atoms with Crippen LogP contribution in [0.3, 0.4) is 0 Å². The number of aliphatic hydroxyl groups excluding tert-OH is 1. The third-order valence-corrected chi connectivity index (χ3v) is 4.04. The van der Waals surface area contributed by atoms with Crippen molar-refractivity contribution in [3.63, 3.8) is 0 Å². The molecule has 1 aliphatic carbocycles. The van der Waals surface area contributed by atoms with Crippen molar-refractivity contribution in [2.24, 2.45) is 0 Å². The van der Waals surface area contributed by atoms with E-state index < -0.39 is 6.10 Å². The Morgan fingerprint density at radius 3 is 2.70 bits per heavy atom. The Bertz CT molecular complexity index is 405. The van der Waals surface area contributed by atoms with Crippen molar-refractivity contribution in [2.45, 2.75) is 44.8 Å². The topological polar surface area (TPSA) is 58.7 Å². The number of rotatable bonds is 7. The lowest BCUT2D eigenvalue weighted by molar-refractivity contribution is 0.0553.